The number of Topliss-reactive ketones (excluding diaryl/α,β-unsaturated/α-hetero) is 1. The molecule has 122 valence electrons. The highest BCUT2D eigenvalue weighted by molar-refractivity contribution is 7.55. The van der Waals surface area contributed by atoms with E-state index in [1.54, 1.807) is 20.8 Å². The number of hydrogen-bond acceptors (Lipinski definition) is 5. The largest absolute Gasteiger partial charge is 0.481 e. The molecule has 0 aromatic heterocycles. The van der Waals surface area contributed by atoms with Gasteiger partial charge in [-0.05, 0) is 33.1 Å². The molecule has 21 heavy (non-hydrogen) atoms. The molecule has 2 atom stereocenters. The smallest absolute Gasteiger partial charge is 0.344 e. The maximum Gasteiger partial charge on any atom is 0.344 e. The van der Waals surface area contributed by atoms with E-state index in [-0.39, 0.29) is 25.4 Å². The van der Waals surface area contributed by atoms with Crippen LogP contribution in [0.5, 0.6) is 0 Å². The van der Waals surface area contributed by atoms with E-state index >= 15 is 0 Å². The fourth-order valence-electron chi connectivity index (χ4n) is 2.80. The molecule has 6 nitrogen and oxygen atoms in total. The molecule has 0 aromatic rings. The van der Waals surface area contributed by atoms with Crippen LogP contribution in [0.1, 0.15) is 52.9 Å². The fraction of sp³-hybridized carbons (Fsp3) is 0.857. The van der Waals surface area contributed by atoms with Crippen molar-refractivity contribution in [3.63, 3.8) is 0 Å². The van der Waals surface area contributed by atoms with Crippen LogP contribution in [-0.2, 0) is 23.2 Å². The van der Waals surface area contributed by atoms with Crippen molar-refractivity contribution in [1.29, 1.82) is 0 Å². The van der Waals surface area contributed by atoms with Gasteiger partial charge in [0.25, 0.3) is 0 Å². The predicted molar refractivity (Wildman–Crippen MR) is 78.5 cm³/mol. The van der Waals surface area contributed by atoms with Crippen molar-refractivity contribution >= 4 is 19.3 Å². The third-order valence-corrected chi connectivity index (χ3v) is 6.39. The molecule has 1 saturated carbocycles. The Kier molecular flexibility index (Phi) is 6.57. The fourth-order valence-corrected chi connectivity index (χ4v) is 4.85. The van der Waals surface area contributed by atoms with Gasteiger partial charge >= 0.3 is 13.6 Å². The number of rotatable bonds is 8. The van der Waals surface area contributed by atoms with Gasteiger partial charge in [0.1, 0.15) is 5.78 Å². The molecule has 0 spiro atoms. The van der Waals surface area contributed by atoms with Gasteiger partial charge in [-0.15, -0.1) is 0 Å². The van der Waals surface area contributed by atoms with Gasteiger partial charge < -0.3 is 14.2 Å². The molecule has 1 aliphatic carbocycles. The number of carbonyl (C=O) groups excluding carboxylic acids is 1. The van der Waals surface area contributed by atoms with Crippen LogP contribution in [0.4, 0.5) is 0 Å². The highest BCUT2D eigenvalue weighted by Gasteiger charge is 2.48. The number of carboxylic acids is 1. The minimum atomic E-state index is -3.77. The Morgan fingerprint density at radius 1 is 1.33 bits per heavy atom. The van der Waals surface area contributed by atoms with Crippen molar-refractivity contribution in [2.24, 2.45) is 5.41 Å². The first kappa shape index (κ1) is 18.3. The molecule has 0 saturated heterocycles. The summed E-state index contributed by atoms with van der Waals surface area (Å²) in [5, 5.41) is 9.45. The number of hydrogen-bond donors (Lipinski definition) is 1. The van der Waals surface area contributed by atoms with Crippen molar-refractivity contribution in [3.8, 4) is 0 Å². The molecule has 1 aliphatic rings. The number of carboxylic acid groups (broad SMARTS) is 1. The zero-order chi connectivity index (χ0) is 16.1. The molecule has 0 aliphatic heterocycles. The summed E-state index contributed by atoms with van der Waals surface area (Å²) in [6, 6.07) is 0. The maximum atomic E-state index is 12.7. The second-order valence-corrected chi connectivity index (χ2v) is 7.84. The molecular formula is C14H25O6P. The van der Waals surface area contributed by atoms with Crippen LogP contribution < -0.4 is 0 Å². The average Bonchev–Trinajstić information content (AvgIpc) is 2.40. The zero-order valence-electron chi connectivity index (χ0n) is 13.0. The average molecular weight is 320 g/mol. The highest BCUT2D eigenvalue weighted by atomic mass is 31.2. The summed E-state index contributed by atoms with van der Waals surface area (Å²) in [5.74, 6) is -1.20. The Balaban J connectivity index is 3.02. The zero-order valence-corrected chi connectivity index (χ0v) is 13.9. The molecule has 0 heterocycles. The van der Waals surface area contributed by atoms with Crippen molar-refractivity contribution in [2.45, 2.75) is 58.5 Å². The normalized spacial score (nSPS) is 24.8. The first-order valence-corrected chi connectivity index (χ1v) is 9.05. The summed E-state index contributed by atoms with van der Waals surface area (Å²) >= 11 is 0. The minimum absolute atomic E-state index is 0.00154. The van der Waals surface area contributed by atoms with E-state index in [1.165, 1.54) is 0 Å². The van der Waals surface area contributed by atoms with Gasteiger partial charge in [0.15, 0.2) is 5.66 Å². The Hall–Kier alpha value is -0.710. The van der Waals surface area contributed by atoms with E-state index in [1.807, 2.05) is 0 Å². The Labute approximate surface area is 125 Å². The molecule has 0 radical (unpaired) electrons. The molecule has 7 heteroatoms. The summed E-state index contributed by atoms with van der Waals surface area (Å²) in [6.07, 6.45) is 2.78. The van der Waals surface area contributed by atoms with Crippen LogP contribution in [0.2, 0.25) is 0 Å². The van der Waals surface area contributed by atoms with Gasteiger partial charge in [-0.3, -0.25) is 14.2 Å². The molecule has 0 bridgehead atoms. The lowest BCUT2D eigenvalue weighted by Gasteiger charge is -2.35. The van der Waals surface area contributed by atoms with Crippen LogP contribution in [-0.4, -0.2) is 35.7 Å². The van der Waals surface area contributed by atoms with Crippen LogP contribution >= 0.6 is 7.60 Å². The van der Waals surface area contributed by atoms with Gasteiger partial charge in [0.05, 0.1) is 13.2 Å². The second-order valence-electron chi connectivity index (χ2n) is 5.62. The number of aliphatic carboxylic acids is 1. The summed E-state index contributed by atoms with van der Waals surface area (Å²) in [5.41, 5.74) is -2.06. The number of ketones is 1. The van der Waals surface area contributed by atoms with E-state index in [9.17, 15) is 19.3 Å². The maximum absolute atomic E-state index is 12.7. The van der Waals surface area contributed by atoms with E-state index in [4.69, 9.17) is 9.05 Å². The number of carbonyl (C=O) groups is 2. The topological polar surface area (TPSA) is 89.9 Å². The molecule has 1 unspecified atom stereocenters. The summed E-state index contributed by atoms with van der Waals surface area (Å²) in [4.78, 5) is 23.7. The molecule has 0 aromatic carbocycles. The van der Waals surface area contributed by atoms with E-state index in [0.29, 0.717) is 12.8 Å². The van der Waals surface area contributed by atoms with Gasteiger partial charge in [-0.25, -0.2) is 0 Å². The van der Waals surface area contributed by atoms with Crippen molar-refractivity contribution < 1.29 is 28.3 Å². The van der Waals surface area contributed by atoms with Crippen LogP contribution in [0.15, 0.2) is 0 Å². The molecule has 1 N–H and O–H groups in total. The van der Waals surface area contributed by atoms with Crippen molar-refractivity contribution in [1.82, 2.24) is 0 Å². The minimum Gasteiger partial charge on any atom is -0.481 e. The lowest BCUT2D eigenvalue weighted by atomic mass is 9.71. The van der Waals surface area contributed by atoms with Gasteiger partial charge in [-0.2, -0.15) is 0 Å². The summed E-state index contributed by atoms with van der Waals surface area (Å²) in [7, 11) is -3.77. The second kappa shape index (κ2) is 7.52. The van der Waals surface area contributed by atoms with Crippen LogP contribution in [0, 0.1) is 5.41 Å². The Bertz CT molecular complexity index is 425. The van der Waals surface area contributed by atoms with E-state index in [0.717, 1.165) is 12.8 Å². The van der Waals surface area contributed by atoms with Gasteiger partial charge in [0.2, 0.25) is 0 Å². The SMILES string of the molecule is CCOP(=O)(OCC)C(C[C@]1(C)CCCCC1=O)C(=O)O. The molecule has 0 amide bonds. The van der Waals surface area contributed by atoms with Crippen molar-refractivity contribution in [3.05, 3.63) is 0 Å². The van der Waals surface area contributed by atoms with Crippen LogP contribution in [0.3, 0.4) is 0 Å². The predicted octanol–water partition coefficient (Wildman–Crippen LogP) is 3.25. The lowest BCUT2D eigenvalue weighted by Crippen LogP contribution is -2.38. The third kappa shape index (κ3) is 4.38. The van der Waals surface area contributed by atoms with E-state index < -0.39 is 24.6 Å². The Morgan fingerprint density at radius 3 is 2.33 bits per heavy atom. The highest BCUT2D eigenvalue weighted by Crippen LogP contribution is 2.57. The summed E-state index contributed by atoms with van der Waals surface area (Å²) in [6.45, 7) is 5.24. The van der Waals surface area contributed by atoms with Gasteiger partial charge in [0, 0.05) is 11.8 Å². The van der Waals surface area contributed by atoms with Crippen molar-refractivity contribution in [2.75, 3.05) is 13.2 Å². The van der Waals surface area contributed by atoms with E-state index in [2.05, 4.69) is 0 Å². The first-order chi connectivity index (χ1) is 9.79. The molecule has 1 rings (SSSR count). The van der Waals surface area contributed by atoms with Gasteiger partial charge in [-0.1, -0.05) is 13.3 Å². The third-order valence-electron chi connectivity index (χ3n) is 3.98. The quantitative estimate of drug-likeness (QED) is 0.690. The molecule has 1 fully saturated rings. The first-order valence-electron chi connectivity index (χ1n) is 7.44. The van der Waals surface area contributed by atoms with Crippen LogP contribution in [0.25, 0.3) is 0 Å². The molecular weight excluding hydrogens is 295 g/mol. The standard InChI is InChI=1S/C14H25O6P/c1-4-19-21(18,20-5-2)11(13(16)17)10-14(3)9-7-6-8-12(14)15/h11H,4-10H2,1-3H3,(H,16,17)/t11?,14-/m0/s1. The lowest BCUT2D eigenvalue weighted by molar-refractivity contribution is -0.139. The monoisotopic (exact) mass is 320 g/mol. The Morgan fingerprint density at radius 2 is 1.90 bits per heavy atom. The summed E-state index contributed by atoms with van der Waals surface area (Å²) < 4.78 is 23.1.